The molecule has 1 aromatic heterocycles. The van der Waals surface area contributed by atoms with Crippen LogP contribution in [0, 0.1) is 17.2 Å². The maximum absolute atomic E-state index is 12.5. The van der Waals surface area contributed by atoms with Crippen LogP contribution in [0.5, 0.6) is 5.75 Å². The van der Waals surface area contributed by atoms with E-state index >= 15 is 0 Å². The van der Waals surface area contributed by atoms with Gasteiger partial charge in [-0.25, -0.2) is 0 Å². The Labute approximate surface area is 146 Å². The second-order valence-corrected chi connectivity index (χ2v) is 6.08. The van der Waals surface area contributed by atoms with Gasteiger partial charge in [0.05, 0.1) is 5.56 Å². The number of furan rings is 1. The van der Waals surface area contributed by atoms with Gasteiger partial charge < -0.3 is 19.2 Å². The third-order valence-corrected chi connectivity index (χ3v) is 4.41. The monoisotopic (exact) mass is 340 g/mol. The molecular weight excluding hydrogens is 320 g/mol. The molecule has 6 nitrogen and oxygen atoms in total. The summed E-state index contributed by atoms with van der Waals surface area (Å²) < 4.78 is 11.2. The van der Waals surface area contributed by atoms with E-state index < -0.39 is 0 Å². The first kappa shape index (κ1) is 17.1. The lowest BCUT2D eigenvalue weighted by Crippen LogP contribution is -2.39. The summed E-state index contributed by atoms with van der Waals surface area (Å²) in [6.45, 7) is 1.59. The van der Waals surface area contributed by atoms with Crippen molar-refractivity contribution in [1.82, 2.24) is 4.90 Å². The van der Waals surface area contributed by atoms with Crippen molar-refractivity contribution in [3.05, 3.63) is 53.5 Å². The normalized spacial score (nSPS) is 15.0. The lowest BCUT2D eigenvalue weighted by atomic mass is 9.98. The third-order valence-electron chi connectivity index (χ3n) is 4.41. The minimum Gasteiger partial charge on any atom is -0.484 e. The highest BCUT2D eigenvalue weighted by Crippen LogP contribution is 2.21. The molecule has 0 aliphatic carbocycles. The van der Waals surface area contributed by atoms with E-state index in [0.29, 0.717) is 30.2 Å². The van der Waals surface area contributed by atoms with Gasteiger partial charge >= 0.3 is 0 Å². The molecule has 2 heterocycles. The summed E-state index contributed by atoms with van der Waals surface area (Å²) in [5.41, 5.74) is 0.456. The second kappa shape index (κ2) is 7.86. The molecule has 0 unspecified atom stereocenters. The highest BCUT2D eigenvalue weighted by molar-refractivity contribution is 5.91. The zero-order valence-corrected chi connectivity index (χ0v) is 13.9. The van der Waals surface area contributed by atoms with Crippen molar-refractivity contribution in [3.63, 3.8) is 0 Å². The molecule has 0 bridgehead atoms. The zero-order chi connectivity index (χ0) is 17.6. The molecular formula is C19H20N2O4. The Morgan fingerprint density at radius 3 is 2.76 bits per heavy atom. The van der Waals surface area contributed by atoms with Gasteiger partial charge in [0, 0.05) is 19.7 Å². The number of amides is 1. The van der Waals surface area contributed by atoms with E-state index in [1.54, 1.807) is 41.3 Å². The van der Waals surface area contributed by atoms with Crippen LogP contribution >= 0.6 is 0 Å². The number of benzene rings is 1. The number of para-hydroxylation sites is 1. The summed E-state index contributed by atoms with van der Waals surface area (Å²) >= 11 is 0. The van der Waals surface area contributed by atoms with E-state index in [4.69, 9.17) is 14.4 Å². The van der Waals surface area contributed by atoms with Gasteiger partial charge in [0.15, 0.2) is 5.76 Å². The lowest BCUT2D eigenvalue weighted by molar-refractivity contribution is 0.0616. The predicted molar refractivity (Wildman–Crippen MR) is 89.9 cm³/mol. The molecule has 1 saturated heterocycles. The fourth-order valence-electron chi connectivity index (χ4n) is 2.88. The SMILES string of the molecule is N#Cc1ccccc1OCc1ccc(C(=O)N2CCC(CO)CC2)o1. The fraction of sp³-hybridized carbons (Fsp3) is 0.368. The van der Waals surface area contributed by atoms with Gasteiger partial charge in [0.2, 0.25) is 0 Å². The Hall–Kier alpha value is -2.78. The molecule has 25 heavy (non-hydrogen) atoms. The summed E-state index contributed by atoms with van der Waals surface area (Å²) in [4.78, 5) is 14.2. The second-order valence-electron chi connectivity index (χ2n) is 6.08. The standard InChI is InChI=1S/C19H20N2O4/c20-11-15-3-1-2-4-17(15)24-13-16-5-6-18(25-16)19(23)21-9-7-14(12-22)8-10-21/h1-6,14,22H,7-10,12-13H2. The summed E-state index contributed by atoms with van der Waals surface area (Å²) in [6.07, 6.45) is 1.62. The molecule has 1 aromatic carbocycles. The van der Waals surface area contributed by atoms with E-state index in [0.717, 1.165) is 12.8 Å². The van der Waals surface area contributed by atoms with Crippen molar-refractivity contribution in [1.29, 1.82) is 5.26 Å². The van der Waals surface area contributed by atoms with Crippen LogP contribution in [-0.4, -0.2) is 35.6 Å². The van der Waals surface area contributed by atoms with Gasteiger partial charge in [-0.3, -0.25) is 4.79 Å². The van der Waals surface area contributed by atoms with Gasteiger partial charge in [-0.05, 0) is 43.0 Å². The van der Waals surface area contributed by atoms with Crippen LogP contribution in [0.15, 0.2) is 40.8 Å². The lowest BCUT2D eigenvalue weighted by Gasteiger charge is -2.30. The maximum Gasteiger partial charge on any atom is 0.289 e. The highest BCUT2D eigenvalue weighted by Gasteiger charge is 2.25. The predicted octanol–water partition coefficient (Wildman–Crippen LogP) is 2.57. The van der Waals surface area contributed by atoms with Crippen molar-refractivity contribution in [2.45, 2.75) is 19.4 Å². The average Bonchev–Trinajstić information content (AvgIpc) is 3.15. The van der Waals surface area contributed by atoms with Crippen molar-refractivity contribution in [2.75, 3.05) is 19.7 Å². The minimum atomic E-state index is -0.139. The number of rotatable bonds is 5. The molecule has 0 radical (unpaired) electrons. The third kappa shape index (κ3) is 4.01. The highest BCUT2D eigenvalue weighted by atomic mass is 16.5. The zero-order valence-electron chi connectivity index (χ0n) is 13.9. The van der Waals surface area contributed by atoms with E-state index in [2.05, 4.69) is 6.07 Å². The molecule has 0 atom stereocenters. The first-order valence-electron chi connectivity index (χ1n) is 8.32. The van der Waals surface area contributed by atoms with Crippen molar-refractivity contribution in [3.8, 4) is 11.8 Å². The number of likely N-dealkylation sites (tertiary alicyclic amines) is 1. The van der Waals surface area contributed by atoms with Gasteiger partial charge in [-0.2, -0.15) is 5.26 Å². The molecule has 1 aliphatic rings. The Balaban J connectivity index is 1.59. The topological polar surface area (TPSA) is 86.7 Å². The van der Waals surface area contributed by atoms with Gasteiger partial charge in [0.1, 0.15) is 24.2 Å². The van der Waals surface area contributed by atoms with Crippen molar-refractivity contribution in [2.24, 2.45) is 5.92 Å². The van der Waals surface area contributed by atoms with Crippen LogP contribution in [0.4, 0.5) is 0 Å². The fourth-order valence-corrected chi connectivity index (χ4v) is 2.88. The summed E-state index contributed by atoms with van der Waals surface area (Å²) in [5, 5.41) is 18.2. The molecule has 130 valence electrons. The number of aliphatic hydroxyl groups excluding tert-OH is 1. The number of carbonyl (C=O) groups excluding carboxylic acids is 1. The first-order valence-corrected chi connectivity index (χ1v) is 8.32. The molecule has 1 fully saturated rings. The quantitative estimate of drug-likeness (QED) is 0.904. The van der Waals surface area contributed by atoms with Crippen molar-refractivity contribution >= 4 is 5.91 Å². The van der Waals surface area contributed by atoms with Crippen molar-refractivity contribution < 1.29 is 19.1 Å². The van der Waals surface area contributed by atoms with Crippen LogP contribution in [0.3, 0.4) is 0 Å². The summed E-state index contributed by atoms with van der Waals surface area (Å²) in [5.74, 6) is 1.45. The molecule has 0 spiro atoms. The minimum absolute atomic E-state index is 0.139. The van der Waals surface area contributed by atoms with Gasteiger partial charge in [0.25, 0.3) is 5.91 Å². The van der Waals surface area contributed by atoms with E-state index in [1.807, 2.05) is 0 Å². The molecule has 1 aliphatic heterocycles. The summed E-state index contributed by atoms with van der Waals surface area (Å²) in [6, 6.07) is 12.4. The molecule has 6 heteroatoms. The number of ether oxygens (including phenoxy) is 1. The van der Waals surface area contributed by atoms with Crippen LogP contribution < -0.4 is 4.74 Å². The van der Waals surface area contributed by atoms with Crippen LogP contribution in [0.2, 0.25) is 0 Å². The Morgan fingerprint density at radius 1 is 1.28 bits per heavy atom. The van der Waals surface area contributed by atoms with E-state index in [1.165, 1.54) is 0 Å². The number of nitrogens with zero attached hydrogens (tertiary/aromatic N) is 2. The van der Waals surface area contributed by atoms with Crippen LogP contribution in [0.25, 0.3) is 0 Å². The van der Waals surface area contributed by atoms with E-state index in [9.17, 15) is 9.90 Å². The average molecular weight is 340 g/mol. The molecule has 3 rings (SSSR count). The summed E-state index contributed by atoms with van der Waals surface area (Å²) in [7, 11) is 0. The first-order chi connectivity index (χ1) is 12.2. The number of aliphatic hydroxyl groups is 1. The number of hydrogen-bond acceptors (Lipinski definition) is 5. The van der Waals surface area contributed by atoms with Gasteiger partial charge in [-0.1, -0.05) is 12.1 Å². The number of piperidine rings is 1. The molecule has 1 amide bonds. The Kier molecular flexibility index (Phi) is 5.36. The Bertz CT molecular complexity index is 770. The molecule has 0 saturated carbocycles. The molecule has 2 aromatic rings. The van der Waals surface area contributed by atoms with Crippen LogP contribution in [0.1, 0.15) is 34.7 Å². The smallest absolute Gasteiger partial charge is 0.289 e. The molecule has 1 N–H and O–H groups in total. The van der Waals surface area contributed by atoms with Gasteiger partial charge in [-0.15, -0.1) is 0 Å². The van der Waals surface area contributed by atoms with Crippen LogP contribution in [-0.2, 0) is 6.61 Å². The number of hydrogen-bond donors (Lipinski definition) is 1. The number of nitriles is 1. The maximum atomic E-state index is 12.5. The largest absolute Gasteiger partial charge is 0.484 e. The van der Waals surface area contributed by atoms with E-state index in [-0.39, 0.29) is 30.8 Å². The Morgan fingerprint density at radius 2 is 2.04 bits per heavy atom. The number of carbonyl (C=O) groups is 1.